The Hall–Kier alpha value is -1.13. The zero-order chi connectivity index (χ0) is 11.3. The Balaban J connectivity index is 2.64. The number of benzene rings is 1. The minimum Gasteiger partial charge on any atom is -0.493 e. The largest absolute Gasteiger partial charge is 0.493 e. The fourth-order valence-corrected chi connectivity index (χ4v) is 1.11. The summed E-state index contributed by atoms with van der Waals surface area (Å²) in [7, 11) is 0. The van der Waals surface area contributed by atoms with Crippen LogP contribution in [-0.2, 0) is 6.54 Å². The molecule has 0 radical (unpaired) electrons. The number of nitrogens with two attached hydrogens (primary N) is 1. The summed E-state index contributed by atoms with van der Waals surface area (Å²) in [4.78, 5) is 0. The van der Waals surface area contributed by atoms with Crippen LogP contribution in [0.25, 0.3) is 0 Å². The second-order valence-electron chi connectivity index (χ2n) is 3.60. The third-order valence-corrected chi connectivity index (χ3v) is 2.01. The third kappa shape index (κ3) is 3.85. The van der Waals surface area contributed by atoms with E-state index in [2.05, 4.69) is 0 Å². The number of rotatable bonds is 5. The van der Waals surface area contributed by atoms with Crippen molar-refractivity contribution in [1.29, 1.82) is 0 Å². The van der Waals surface area contributed by atoms with Gasteiger partial charge >= 0.3 is 0 Å². The highest BCUT2D eigenvalue weighted by Crippen LogP contribution is 2.16. The molecule has 3 nitrogen and oxygen atoms in total. The van der Waals surface area contributed by atoms with Gasteiger partial charge in [-0.15, -0.1) is 0 Å². The van der Waals surface area contributed by atoms with E-state index in [0.717, 1.165) is 0 Å². The highest BCUT2D eigenvalue weighted by Gasteiger charge is 2.04. The molecule has 0 heterocycles. The summed E-state index contributed by atoms with van der Waals surface area (Å²) >= 11 is 0. The predicted octanol–water partition coefficient (Wildman–Crippen LogP) is 1.29. The highest BCUT2D eigenvalue weighted by atomic mass is 19.1. The van der Waals surface area contributed by atoms with Gasteiger partial charge in [-0.25, -0.2) is 4.39 Å². The number of hydrogen-bond acceptors (Lipinski definition) is 3. The van der Waals surface area contributed by atoms with Gasteiger partial charge in [0.1, 0.15) is 11.6 Å². The van der Waals surface area contributed by atoms with Crippen LogP contribution >= 0.6 is 0 Å². The maximum absolute atomic E-state index is 13.0. The molecular weight excluding hydrogens is 197 g/mol. The van der Waals surface area contributed by atoms with Gasteiger partial charge in [0.25, 0.3) is 0 Å². The quantitative estimate of drug-likeness (QED) is 0.775. The van der Waals surface area contributed by atoms with Crippen LogP contribution in [0.5, 0.6) is 5.75 Å². The first-order chi connectivity index (χ1) is 7.15. The maximum atomic E-state index is 13.0. The molecule has 0 amide bonds. The molecule has 0 bridgehead atoms. The summed E-state index contributed by atoms with van der Waals surface area (Å²) in [5, 5.41) is 8.79. The second kappa shape index (κ2) is 5.68. The van der Waals surface area contributed by atoms with Crippen LogP contribution in [0.1, 0.15) is 12.5 Å². The molecule has 4 heteroatoms. The van der Waals surface area contributed by atoms with Crippen molar-refractivity contribution < 1.29 is 14.2 Å². The Kier molecular flexibility index (Phi) is 4.52. The molecule has 3 N–H and O–H groups in total. The average Bonchev–Trinajstić information content (AvgIpc) is 2.25. The number of halogens is 1. The maximum Gasteiger partial charge on any atom is 0.127 e. The molecule has 0 aromatic heterocycles. The molecule has 0 fully saturated rings. The smallest absolute Gasteiger partial charge is 0.127 e. The first-order valence-electron chi connectivity index (χ1n) is 4.89. The Labute approximate surface area is 88.7 Å². The number of ether oxygens (including phenoxy) is 1. The van der Waals surface area contributed by atoms with Crippen molar-refractivity contribution in [2.45, 2.75) is 13.5 Å². The predicted molar refractivity (Wildman–Crippen MR) is 56.0 cm³/mol. The molecule has 1 rings (SSSR count). The molecule has 84 valence electrons. The molecule has 0 spiro atoms. The lowest BCUT2D eigenvalue weighted by Gasteiger charge is -2.11. The number of aliphatic hydroxyl groups excluding tert-OH is 1. The van der Waals surface area contributed by atoms with Gasteiger partial charge in [-0.1, -0.05) is 6.92 Å². The van der Waals surface area contributed by atoms with Crippen molar-refractivity contribution in [2.75, 3.05) is 13.2 Å². The second-order valence-corrected chi connectivity index (χ2v) is 3.60. The van der Waals surface area contributed by atoms with Gasteiger partial charge in [0.05, 0.1) is 6.61 Å². The first-order valence-corrected chi connectivity index (χ1v) is 4.89. The van der Waals surface area contributed by atoms with Crippen LogP contribution in [-0.4, -0.2) is 18.3 Å². The zero-order valence-electron chi connectivity index (χ0n) is 8.74. The van der Waals surface area contributed by atoms with E-state index in [4.69, 9.17) is 15.6 Å². The molecule has 1 unspecified atom stereocenters. The fraction of sp³-hybridized carbons (Fsp3) is 0.455. The van der Waals surface area contributed by atoms with Gasteiger partial charge in [0.15, 0.2) is 0 Å². The monoisotopic (exact) mass is 213 g/mol. The molecule has 1 atom stereocenters. The molecule has 15 heavy (non-hydrogen) atoms. The average molecular weight is 213 g/mol. The summed E-state index contributed by atoms with van der Waals surface area (Å²) < 4.78 is 18.4. The molecule has 0 aliphatic carbocycles. The van der Waals surface area contributed by atoms with E-state index in [1.807, 2.05) is 6.92 Å². The minimum absolute atomic E-state index is 0.0367. The van der Waals surface area contributed by atoms with Crippen molar-refractivity contribution in [3.05, 3.63) is 29.6 Å². The third-order valence-electron chi connectivity index (χ3n) is 2.01. The van der Waals surface area contributed by atoms with Crippen LogP contribution in [0.4, 0.5) is 4.39 Å². The van der Waals surface area contributed by atoms with Gasteiger partial charge in [-0.05, 0) is 17.7 Å². The van der Waals surface area contributed by atoms with Gasteiger partial charge in [0, 0.05) is 25.1 Å². The van der Waals surface area contributed by atoms with E-state index in [0.29, 0.717) is 17.9 Å². The van der Waals surface area contributed by atoms with Crippen LogP contribution in [0.3, 0.4) is 0 Å². The summed E-state index contributed by atoms with van der Waals surface area (Å²) in [5.74, 6) is 0.134. The molecule has 0 aliphatic rings. The lowest BCUT2D eigenvalue weighted by atomic mass is 10.2. The number of aliphatic hydroxyl groups is 1. The summed E-state index contributed by atoms with van der Waals surface area (Å²) in [6, 6.07) is 4.39. The molecule has 0 saturated carbocycles. The van der Waals surface area contributed by atoms with Crippen molar-refractivity contribution >= 4 is 0 Å². The Morgan fingerprint density at radius 3 is 2.80 bits per heavy atom. The van der Waals surface area contributed by atoms with Crippen molar-refractivity contribution in [1.82, 2.24) is 0 Å². The topological polar surface area (TPSA) is 55.5 Å². The first kappa shape index (κ1) is 11.9. The van der Waals surface area contributed by atoms with Gasteiger partial charge < -0.3 is 15.6 Å². The normalized spacial score (nSPS) is 12.5. The summed E-state index contributed by atoms with van der Waals surface area (Å²) in [5.41, 5.74) is 6.10. The van der Waals surface area contributed by atoms with Crippen molar-refractivity contribution in [2.24, 2.45) is 11.7 Å². The standard InChI is InChI=1S/C11H16FNO2/c1-8(6-14)7-15-11-3-9(5-13)2-10(12)4-11/h2-4,8,14H,5-7,13H2,1H3. The van der Waals surface area contributed by atoms with Crippen LogP contribution in [0, 0.1) is 11.7 Å². The Morgan fingerprint density at radius 1 is 1.47 bits per heavy atom. The SMILES string of the molecule is CC(CO)COc1cc(F)cc(CN)c1. The lowest BCUT2D eigenvalue weighted by Crippen LogP contribution is -2.12. The van der Waals surface area contributed by atoms with E-state index in [1.54, 1.807) is 6.07 Å². The van der Waals surface area contributed by atoms with Crippen molar-refractivity contribution in [3.63, 3.8) is 0 Å². The Bertz CT molecular complexity index is 317. The summed E-state index contributed by atoms with van der Waals surface area (Å²) in [6.07, 6.45) is 0. The Morgan fingerprint density at radius 2 is 2.20 bits per heavy atom. The number of hydrogen-bond donors (Lipinski definition) is 2. The molecule has 1 aromatic carbocycles. The van der Waals surface area contributed by atoms with E-state index < -0.39 is 0 Å². The van der Waals surface area contributed by atoms with Crippen LogP contribution in [0.15, 0.2) is 18.2 Å². The van der Waals surface area contributed by atoms with Gasteiger partial charge in [0.2, 0.25) is 0 Å². The van der Waals surface area contributed by atoms with E-state index in [-0.39, 0.29) is 24.9 Å². The van der Waals surface area contributed by atoms with E-state index >= 15 is 0 Å². The van der Waals surface area contributed by atoms with Gasteiger partial charge in [-0.3, -0.25) is 0 Å². The van der Waals surface area contributed by atoms with Crippen molar-refractivity contribution in [3.8, 4) is 5.75 Å². The molecule has 0 saturated heterocycles. The van der Waals surface area contributed by atoms with Gasteiger partial charge in [-0.2, -0.15) is 0 Å². The molecule has 0 aliphatic heterocycles. The minimum atomic E-state index is -0.357. The lowest BCUT2D eigenvalue weighted by molar-refractivity contribution is 0.174. The summed E-state index contributed by atoms with van der Waals surface area (Å²) in [6.45, 7) is 2.55. The van der Waals surface area contributed by atoms with Crippen LogP contribution < -0.4 is 10.5 Å². The van der Waals surface area contributed by atoms with Crippen LogP contribution in [0.2, 0.25) is 0 Å². The fourth-order valence-electron chi connectivity index (χ4n) is 1.11. The molecule has 1 aromatic rings. The highest BCUT2D eigenvalue weighted by molar-refractivity contribution is 5.29. The molecular formula is C11H16FNO2. The van der Waals surface area contributed by atoms with E-state index in [9.17, 15) is 4.39 Å². The van der Waals surface area contributed by atoms with E-state index in [1.165, 1.54) is 12.1 Å². The zero-order valence-corrected chi connectivity index (χ0v) is 8.74.